The second kappa shape index (κ2) is 8.84. The molecule has 0 amide bonds. The molecular formula is C31H46O4P-. The van der Waals surface area contributed by atoms with Crippen LogP contribution in [0.4, 0.5) is 0 Å². The molecule has 5 heteroatoms. The van der Waals surface area contributed by atoms with Crippen LogP contribution in [0.3, 0.4) is 0 Å². The minimum atomic E-state index is -3.97. The number of phosphoric ester groups is 1. The van der Waals surface area contributed by atoms with Crippen molar-refractivity contribution in [2.75, 3.05) is 7.11 Å². The lowest BCUT2D eigenvalue weighted by atomic mass is 9.74. The smallest absolute Gasteiger partial charge is 0.433 e. The zero-order valence-electron chi connectivity index (χ0n) is 24.9. The van der Waals surface area contributed by atoms with Crippen LogP contribution in [0.5, 0.6) is 11.5 Å². The third kappa shape index (κ3) is 5.50. The number of hydrogen-bond donors (Lipinski definition) is 0. The third-order valence-corrected chi connectivity index (χ3v) is 8.22. The molecule has 0 radical (unpaired) electrons. The van der Waals surface area contributed by atoms with Crippen molar-refractivity contribution < 1.29 is 18.1 Å². The zero-order chi connectivity index (χ0) is 27.6. The van der Waals surface area contributed by atoms with Crippen molar-refractivity contribution in [3.8, 4) is 11.5 Å². The van der Waals surface area contributed by atoms with Crippen LogP contribution >= 0.6 is 7.82 Å². The first-order valence-corrected chi connectivity index (χ1v) is 14.3. The fourth-order valence-electron chi connectivity index (χ4n) is 4.45. The van der Waals surface area contributed by atoms with Crippen molar-refractivity contribution in [2.45, 2.75) is 112 Å². The molecule has 200 valence electrons. The number of rotatable bonds is 1. The summed E-state index contributed by atoms with van der Waals surface area (Å²) in [7, 11) is -2.59. The zero-order valence-corrected chi connectivity index (χ0v) is 25.8. The average Bonchev–Trinajstić information content (AvgIpc) is 2.69. The number of benzene rings is 2. The van der Waals surface area contributed by atoms with E-state index in [1.165, 1.54) is 18.2 Å². The van der Waals surface area contributed by atoms with Gasteiger partial charge in [-0.15, -0.1) is 18.1 Å². The molecule has 0 spiro atoms. The minimum Gasteiger partial charge on any atom is -0.433 e. The molecule has 36 heavy (non-hydrogen) atoms. The molecule has 0 N–H and O–H groups in total. The Hall–Kier alpha value is -1.90. The molecule has 0 fully saturated rings. The highest BCUT2D eigenvalue weighted by Gasteiger charge is 2.37. The van der Waals surface area contributed by atoms with Crippen molar-refractivity contribution in [1.82, 2.24) is 0 Å². The molecule has 0 saturated carbocycles. The van der Waals surface area contributed by atoms with E-state index in [9.17, 15) is 4.57 Å². The summed E-state index contributed by atoms with van der Waals surface area (Å²) >= 11 is 0. The Balaban J connectivity index is 2.53. The molecule has 0 unspecified atom stereocenters. The standard InChI is InChI=1S/C31H46O4P/c1-19-22-15-20(28(2,3)4)17-24(30(8,9)10)26(22)34-36(32,33-14)35-27-23(19)16-21(29(5,6)7)18-25(27)31(11,12)13/h15-18H,1-14H3/q-1. The first-order chi connectivity index (χ1) is 16.1. The molecule has 3 rings (SSSR count). The van der Waals surface area contributed by atoms with Crippen molar-refractivity contribution in [3.63, 3.8) is 0 Å². The highest BCUT2D eigenvalue weighted by Crippen LogP contribution is 2.58. The summed E-state index contributed by atoms with van der Waals surface area (Å²) in [5, 5.41) is 0. The predicted octanol–water partition coefficient (Wildman–Crippen LogP) is 9.39. The number of fused-ring (bicyclic) bond motifs is 2. The summed E-state index contributed by atoms with van der Waals surface area (Å²) in [4.78, 5) is 0. The molecule has 2 aromatic carbocycles. The fourth-order valence-corrected chi connectivity index (χ4v) is 5.48. The first kappa shape index (κ1) is 28.7. The van der Waals surface area contributed by atoms with Crippen molar-refractivity contribution >= 4 is 7.82 Å². The van der Waals surface area contributed by atoms with Gasteiger partial charge in [0.05, 0.1) is 11.5 Å². The Morgan fingerprint density at radius 2 is 0.972 bits per heavy atom. The van der Waals surface area contributed by atoms with Crippen LogP contribution in [0.1, 0.15) is 123 Å². The van der Waals surface area contributed by atoms with E-state index in [4.69, 9.17) is 13.6 Å². The molecule has 1 aliphatic heterocycles. The van der Waals surface area contributed by atoms with Gasteiger partial charge in [-0.3, -0.25) is 4.52 Å². The van der Waals surface area contributed by atoms with Gasteiger partial charge >= 0.3 is 7.82 Å². The van der Waals surface area contributed by atoms with Crippen molar-refractivity contribution in [3.05, 3.63) is 63.6 Å². The van der Waals surface area contributed by atoms with Gasteiger partial charge in [-0.1, -0.05) is 124 Å². The Morgan fingerprint density at radius 1 is 0.639 bits per heavy atom. The molecule has 0 atom stereocenters. The monoisotopic (exact) mass is 513 g/mol. The maximum Gasteiger partial charge on any atom is 0.572 e. The Kier molecular flexibility index (Phi) is 7.04. The van der Waals surface area contributed by atoms with E-state index >= 15 is 0 Å². The lowest BCUT2D eigenvalue weighted by molar-refractivity contribution is 0.244. The molecule has 0 bridgehead atoms. The van der Waals surface area contributed by atoms with Gasteiger partial charge in [0.15, 0.2) is 0 Å². The van der Waals surface area contributed by atoms with Gasteiger partial charge in [-0.25, -0.2) is 4.57 Å². The highest BCUT2D eigenvalue weighted by atomic mass is 31.2. The van der Waals surface area contributed by atoms with Crippen LogP contribution in [0, 0.1) is 5.92 Å². The number of hydrogen-bond acceptors (Lipinski definition) is 4. The summed E-state index contributed by atoms with van der Waals surface area (Å²) in [6, 6.07) is 8.74. The predicted molar refractivity (Wildman–Crippen MR) is 151 cm³/mol. The van der Waals surface area contributed by atoms with Gasteiger partial charge in [0.2, 0.25) is 0 Å². The van der Waals surface area contributed by atoms with Gasteiger partial charge in [0.25, 0.3) is 0 Å². The van der Waals surface area contributed by atoms with Crippen LogP contribution in [-0.4, -0.2) is 7.11 Å². The molecule has 0 aromatic heterocycles. The summed E-state index contributed by atoms with van der Waals surface area (Å²) in [6.45, 7) is 28.3. The second-order valence-electron chi connectivity index (χ2n) is 14.2. The Morgan fingerprint density at radius 3 is 1.22 bits per heavy atom. The first-order valence-electron chi connectivity index (χ1n) is 12.9. The van der Waals surface area contributed by atoms with Crippen LogP contribution in [0.25, 0.3) is 0 Å². The summed E-state index contributed by atoms with van der Waals surface area (Å²) < 4.78 is 32.1. The lowest BCUT2D eigenvalue weighted by Crippen LogP contribution is -2.24. The number of phosphoric acid groups is 1. The molecule has 0 aliphatic carbocycles. The largest absolute Gasteiger partial charge is 0.572 e. The van der Waals surface area contributed by atoms with Crippen LogP contribution in [-0.2, 0) is 30.7 Å². The van der Waals surface area contributed by atoms with Gasteiger partial charge in [-0.2, -0.15) is 0 Å². The van der Waals surface area contributed by atoms with E-state index in [0.717, 1.165) is 28.2 Å². The van der Waals surface area contributed by atoms with Gasteiger partial charge in [-0.05, 0) is 32.8 Å². The van der Waals surface area contributed by atoms with Crippen LogP contribution < -0.4 is 9.05 Å². The molecule has 0 saturated heterocycles. The maximum absolute atomic E-state index is 14.1. The van der Waals surface area contributed by atoms with E-state index in [-0.39, 0.29) is 21.7 Å². The van der Waals surface area contributed by atoms with Crippen molar-refractivity contribution in [1.29, 1.82) is 0 Å². The van der Waals surface area contributed by atoms with E-state index in [2.05, 4.69) is 114 Å². The normalized spacial score (nSPS) is 16.3. The van der Waals surface area contributed by atoms with Gasteiger partial charge in [0.1, 0.15) is 0 Å². The third-order valence-electron chi connectivity index (χ3n) is 6.96. The molecule has 4 nitrogen and oxygen atoms in total. The maximum atomic E-state index is 14.1. The Bertz CT molecular complexity index is 1110. The second-order valence-corrected chi connectivity index (χ2v) is 15.9. The van der Waals surface area contributed by atoms with Crippen LogP contribution in [0.2, 0.25) is 0 Å². The topological polar surface area (TPSA) is 44.8 Å². The molecular weight excluding hydrogens is 467 g/mol. The van der Waals surface area contributed by atoms with Crippen molar-refractivity contribution in [2.24, 2.45) is 0 Å². The van der Waals surface area contributed by atoms with Gasteiger partial charge in [0, 0.05) is 7.11 Å². The van der Waals surface area contributed by atoms with Crippen LogP contribution in [0.15, 0.2) is 24.3 Å². The van der Waals surface area contributed by atoms with E-state index in [1.54, 1.807) is 0 Å². The molecule has 2 aromatic rings. The fraction of sp³-hybridized carbons (Fsp3) is 0.581. The highest BCUT2D eigenvalue weighted by molar-refractivity contribution is 7.49. The molecule has 1 heterocycles. The van der Waals surface area contributed by atoms with E-state index in [0.29, 0.717) is 11.5 Å². The van der Waals surface area contributed by atoms with Gasteiger partial charge < -0.3 is 9.05 Å². The Labute approximate surface area is 219 Å². The quantitative estimate of drug-likeness (QED) is 0.281. The lowest BCUT2D eigenvalue weighted by Gasteiger charge is -2.40. The van der Waals surface area contributed by atoms with E-state index in [1.807, 2.05) is 0 Å². The SMILES string of the molecule is COP1(=O)Oc2c(cc(C(C)(C)C)cc2C(C)(C)C)[C-](C)c2cc(C(C)(C)C)cc(C(C)(C)C)c2O1. The summed E-state index contributed by atoms with van der Waals surface area (Å²) in [6.07, 6.45) is 0. The summed E-state index contributed by atoms with van der Waals surface area (Å²) in [5.74, 6) is 2.18. The minimum absolute atomic E-state index is 0.0776. The molecule has 1 aliphatic rings. The average molecular weight is 514 g/mol. The summed E-state index contributed by atoms with van der Waals surface area (Å²) in [5.41, 5.74) is 5.57. The van der Waals surface area contributed by atoms with E-state index < -0.39 is 7.82 Å².